The number of nitrogens with two attached hydrogens (primary N) is 1. The fourth-order valence-electron chi connectivity index (χ4n) is 3.28. The molecule has 0 aromatic carbocycles. The fourth-order valence-corrected chi connectivity index (χ4v) is 3.28. The molecule has 1 heterocycles. The minimum atomic E-state index is -0.384. The standard InChI is InChI=1S/C16H27N3O2.ClH/c1-10(9-13-11(2)19-21-12(13)3)18-15(20)14-7-5-6-8-16(14,4)17;/h10,14H,5-9,17H2,1-4H3,(H,18,20);1H. The molecular formula is C16H28ClN3O2. The van der Waals surface area contributed by atoms with Crippen LogP contribution in [-0.2, 0) is 11.2 Å². The topological polar surface area (TPSA) is 81.2 Å². The van der Waals surface area contributed by atoms with Crippen LogP contribution < -0.4 is 11.1 Å². The molecule has 1 aliphatic carbocycles. The maximum absolute atomic E-state index is 12.5. The maximum atomic E-state index is 12.5. The lowest BCUT2D eigenvalue weighted by Crippen LogP contribution is -2.54. The van der Waals surface area contributed by atoms with Crippen molar-refractivity contribution in [3.63, 3.8) is 0 Å². The van der Waals surface area contributed by atoms with Gasteiger partial charge >= 0.3 is 0 Å². The summed E-state index contributed by atoms with van der Waals surface area (Å²) in [6.07, 6.45) is 4.75. The van der Waals surface area contributed by atoms with Crippen LogP contribution in [0.5, 0.6) is 0 Å². The first-order valence-corrected chi connectivity index (χ1v) is 7.82. The molecule has 0 bridgehead atoms. The molecule has 22 heavy (non-hydrogen) atoms. The molecular weight excluding hydrogens is 302 g/mol. The van der Waals surface area contributed by atoms with E-state index in [9.17, 15) is 4.79 Å². The highest BCUT2D eigenvalue weighted by Gasteiger charge is 2.38. The van der Waals surface area contributed by atoms with Crippen molar-refractivity contribution in [1.29, 1.82) is 0 Å². The van der Waals surface area contributed by atoms with E-state index in [0.717, 1.165) is 49.1 Å². The number of hydrogen-bond donors (Lipinski definition) is 2. The van der Waals surface area contributed by atoms with E-state index in [-0.39, 0.29) is 35.8 Å². The summed E-state index contributed by atoms with van der Waals surface area (Å²) in [5.41, 5.74) is 7.90. The molecule has 1 amide bonds. The molecule has 1 aliphatic rings. The van der Waals surface area contributed by atoms with E-state index >= 15 is 0 Å². The number of halogens is 1. The van der Waals surface area contributed by atoms with Gasteiger partial charge in [-0.1, -0.05) is 18.0 Å². The van der Waals surface area contributed by atoms with Gasteiger partial charge in [0, 0.05) is 17.1 Å². The van der Waals surface area contributed by atoms with Crippen molar-refractivity contribution in [3.8, 4) is 0 Å². The number of hydrogen-bond acceptors (Lipinski definition) is 4. The summed E-state index contributed by atoms with van der Waals surface area (Å²) in [5, 5.41) is 7.06. The lowest BCUT2D eigenvalue weighted by molar-refractivity contribution is -0.128. The lowest BCUT2D eigenvalue weighted by Gasteiger charge is -2.37. The Hall–Kier alpha value is -1.07. The zero-order valence-corrected chi connectivity index (χ0v) is 14.8. The highest BCUT2D eigenvalue weighted by Crippen LogP contribution is 2.31. The Morgan fingerprint density at radius 3 is 2.73 bits per heavy atom. The average molecular weight is 330 g/mol. The van der Waals surface area contributed by atoms with Crippen LogP contribution in [0.2, 0.25) is 0 Å². The van der Waals surface area contributed by atoms with Crippen LogP contribution in [0.15, 0.2) is 4.52 Å². The van der Waals surface area contributed by atoms with E-state index in [0.29, 0.717) is 0 Å². The van der Waals surface area contributed by atoms with Crippen LogP contribution in [-0.4, -0.2) is 22.6 Å². The first kappa shape index (κ1) is 19.0. The van der Waals surface area contributed by atoms with Gasteiger partial charge in [0.25, 0.3) is 0 Å². The molecule has 1 aromatic rings. The van der Waals surface area contributed by atoms with E-state index in [2.05, 4.69) is 10.5 Å². The highest BCUT2D eigenvalue weighted by atomic mass is 35.5. The third-order valence-electron chi connectivity index (χ3n) is 4.65. The van der Waals surface area contributed by atoms with Gasteiger partial charge in [-0.15, -0.1) is 12.4 Å². The van der Waals surface area contributed by atoms with E-state index in [1.165, 1.54) is 0 Å². The SMILES string of the molecule is Cc1noc(C)c1CC(C)NC(=O)C1CCCCC1(C)N.Cl. The Balaban J connectivity index is 0.00000242. The minimum absolute atomic E-state index is 0. The number of rotatable bonds is 4. The Kier molecular flexibility index (Phi) is 6.44. The predicted octanol–water partition coefficient (Wildman–Crippen LogP) is 2.67. The van der Waals surface area contributed by atoms with Gasteiger partial charge in [-0.2, -0.15) is 0 Å². The molecule has 3 unspecified atom stereocenters. The van der Waals surface area contributed by atoms with E-state index < -0.39 is 0 Å². The van der Waals surface area contributed by atoms with Crippen LogP contribution in [0.4, 0.5) is 0 Å². The molecule has 126 valence electrons. The van der Waals surface area contributed by atoms with Crippen molar-refractivity contribution in [2.24, 2.45) is 11.7 Å². The Labute approximate surface area is 138 Å². The largest absolute Gasteiger partial charge is 0.361 e. The number of aromatic nitrogens is 1. The van der Waals surface area contributed by atoms with E-state index in [1.54, 1.807) is 0 Å². The number of aryl methyl sites for hydroxylation is 2. The molecule has 3 N–H and O–H groups in total. The van der Waals surface area contributed by atoms with E-state index in [4.69, 9.17) is 10.3 Å². The number of nitrogens with one attached hydrogen (secondary N) is 1. The Bertz CT molecular complexity index is 494. The molecule has 1 fully saturated rings. The first-order valence-electron chi connectivity index (χ1n) is 7.82. The van der Waals surface area contributed by atoms with Crippen LogP contribution in [0.1, 0.15) is 56.5 Å². The molecule has 6 heteroatoms. The third kappa shape index (κ3) is 4.23. The normalized spacial score (nSPS) is 26.1. The summed E-state index contributed by atoms with van der Waals surface area (Å²) in [6.45, 7) is 7.84. The summed E-state index contributed by atoms with van der Waals surface area (Å²) in [6, 6.07) is 0.0482. The van der Waals surface area contributed by atoms with Gasteiger partial charge in [0.15, 0.2) is 0 Å². The quantitative estimate of drug-likeness (QED) is 0.889. The third-order valence-corrected chi connectivity index (χ3v) is 4.65. The van der Waals surface area contributed by atoms with Gasteiger partial charge in [0.05, 0.1) is 11.6 Å². The lowest BCUT2D eigenvalue weighted by atomic mass is 9.74. The first-order chi connectivity index (χ1) is 9.81. The van der Waals surface area contributed by atoms with Gasteiger partial charge < -0.3 is 15.6 Å². The molecule has 0 aliphatic heterocycles. The molecule has 2 rings (SSSR count). The van der Waals surface area contributed by atoms with Gasteiger partial charge in [0.1, 0.15) is 5.76 Å². The summed E-state index contributed by atoms with van der Waals surface area (Å²) in [4.78, 5) is 12.5. The van der Waals surface area contributed by atoms with Gasteiger partial charge in [0.2, 0.25) is 5.91 Å². The zero-order chi connectivity index (χ0) is 15.6. The van der Waals surface area contributed by atoms with Gasteiger partial charge in [-0.3, -0.25) is 4.79 Å². The van der Waals surface area contributed by atoms with Crippen molar-refractivity contribution in [3.05, 3.63) is 17.0 Å². The van der Waals surface area contributed by atoms with Gasteiger partial charge in [-0.25, -0.2) is 0 Å². The second kappa shape index (κ2) is 7.47. The molecule has 0 spiro atoms. The maximum Gasteiger partial charge on any atom is 0.225 e. The summed E-state index contributed by atoms with van der Waals surface area (Å²) in [5.74, 6) is 0.826. The van der Waals surface area contributed by atoms with Crippen LogP contribution >= 0.6 is 12.4 Å². The molecule has 1 aromatic heterocycles. The second-order valence-corrected chi connectivity index (χ2v) is 6.72. The summed E-state index contributed by atoms with van der Waals surface area (Å²) in [7, 11) is 0. The van der Waals surface area contributed by atoms with E-state index in [1.807, 2.05) is 27.7 Å². The highest BCUT2D eigenvalue weighted by molar-refractivity contribution is 5.85. The number of carbonyl (C=O) groups is 1. The number of amides is 1. The van der Waals surface area contributed by atoms with Crippen LogP contribution in [0.25, 0.3) is 0 Å². The average Bonchev–Trinajstić information content (AvgIpc) is 2.69. The van der Waals surface area contributed by atoms with Crippen LogP contribution in [0, 0.1) is 19.8 Å². The monoisotopic (exact) mass is 329 g/mol. The summed E-state index contributed by atoms with van der Waals surface area (Å²) >= 11 is 0. The number of nitrogens with zero attached hydrogens (tertiary/aromatic N) is 1. The van der Waals surface area contributed by atoms with Crippen molar-refractivity contribution >= 4 is 18.3 Å². The summed E-state index contributed by atoms with van der Waals surface area (Å²) < 4.78 is 5.17. The minimum Gasteiger partial charge on any atom is -0.361 e. The van der Waals surface area contributed by atoms with Gasteiger partial charge in [-0.05, 0) is 47.0 Å². The van der Waals surface area contributed by atoms with Crippen molar-refractivity contribution in [2.45, 2.75) is 71.4 Å². The zero-order valence-electron chi connectivity index (χ0n) is 13.9. The molecule has 1 saturated carbocycles. The van der Waals surface area contributed by atoms with Crippen LogP contribution in [0.3, 0.4) is 0 Å². The second-order valence-electron chi connectivity index (χ2n) is 6.72. The Morgan fingerprint density at radius 1 is 1.50 bits per heavy atom. The number of carbonyl (C=O) groups excluding carboxylic acids is 1. The van der Waals surface area contributed by atoms with Crippen molar-refractivity contribution in [1.82, 2.24) is 10.5 Å². The molecule has 0 saturated heterocycles. The smallest absolute Gasteiger partial charge is 0.225 e. The fraction of sp³-hybridized carbons (Fsp3) is 0.750. The van der Waals surface area contributed by atoms with Crippen molar-refractivity contribution < 1.29 is 9.32 Å². The predicted molar refractivity (Wildman–Crippen MR) is 89.1 cm³/mol. The molecule has 5 nitrogen and oxygen atoms in total. The van der Waals surface area contributed by atoms with Crippen molar-refractivity contribution in [2.75, 3.05) is 0 Å². The Morgan fingerprint density at radius 2 is 2.18 bits per heavy atom. The molecule has 0 radical (unpaired) electrons. The molecule has 3 atom stereocenters.